The fraction of sp³-hybridized carbons (Fsp3) is 0.400. The highest BCUT2D eigenvalue weighted by molar-refractivity contribution is 14.0. The highest BCUT2D eigenvalue weighted by Crippen LogP contribution is 2.22. The zero-order chi connectivity index (χ0) is 18.1. The summed E-state index contributed by atoms with van der Waals surface area (Å²) in [5.41, 5.74) is 0.556. The minimum absolute atomic E-state index is 0. The van der Waals surface area contributed by atoms with Crippen LogP contribution in [0, 0.1) is 10.1 Å². The molecule has 0 amide bonds. The molecule has 0 saturated carbocycles. The lowest BCUT2D eigenvalue weighted by atomic mass is 10.2. The summed E-state index contributed by atoms with van der Waals surface area (Å²) in [6.45, 7) is 4.17. The molecule has 0 fully saturated rings. The number of nitrogens with zero attached hydrogens (tertiary/aromatic N) is 5. The molecule has 0 aliphatic heterocycles. The zero-order valence-corrected chi connectivity index (χ0v) is 17.0. The second-order valence-corrected chi connectivity index (χ2v) is 5.12. The fourth-order valence-corrected chi connectivity index (χ4v) is 2.12. The van der Waals surface area contributed by atoms with Crippen molar-refractivity contribution in [2.45, 2.75) is 13.5 Å². The molecule has 3 N–H and O–H groups in total. The number of nitro benzene ring substituents is 1. The first kappa shape index (κ1) is 21.6. The van der Waals surface area contributed by atoms with Gasteiger partial charge in [0.15, 0.2) is 5.96 Å². The largest absolute Gasteiger partial charge is 0.378 e. The van der Waals surface area contributed by atoms with E-state index in [0.29, 0.717) is 31.3 Å². The van der Waals surface area contributed by atoms with Crippen LogP contribution in [-0.2, 0) is 13.6 Å². The molecule has 2 aromatic rings. The SMILES string of the molecule is CCNC(=NCc1ncnn1C)NCCNc1ccccc1[N+](=O)[O-].I. The predicted molar refractivity (Wildman–Crippen MR) is 111 cm³/mol. The van der Waals surface area contributed by atoms with Crippen LogP contribution < -0.4 is 16.0 Å². The molecule has 1 aromatic carbocycles. The Hall–Kier alpha value is -2.44. The van der Waals surface area contributed by atoms with Crippen molar-refractivity contribution in [1.29, 1.82) is 0 Å². The maximum atomic E-state index is 11.0. The highest BCUT2D eigenvalue weighted by Gasteiger charge is 2.11. The van der Waals surface area contributed by atoms with Crippen molar-refractivity contribution in [2.24, 2.45) is 12.0 Å². The van der Waals surface area contributed by atoms with Gasteiger partial charge in [0.05, 0.1) is 4.92 Å². The number of hydrogen-bond donors (Lipinski definition) is 3. The van der Waals surface area contributed by atoms with Gasteiger partial charge in [-0.05, 0) is 13.0 Å². The van der Waals surface area contributed by atoms with Gasteiger partial charge in [-0.1, -0.05) is 12.1 Å². The second kappa shape index (κ2) is 11.2. The molecule has 0 aliphatic rings. The fourth-order valence-electron chi connectivity index (χ4n) is 2.12. The van der Waals surface area contributed by atoms with Crippen LogP contribution in [-0.4, -0.2) is 45.3 Å². The number of hydrogen-bond acceptors (Lipinski definition) is 6. The lowest BCUT2D eigenvalue weighted by Gasteiger charge is -2.12. The van der Waals surface area contributed by atoms with Gasteiger partial charge in [-0.25, -0.2) is 9.98 Å². The third-order valence-electron chi connectivity index (χ3n) is 3.36. The van der Waals surface area contributed by atoms with Gasteiger partial charge < -0.3 is 16.0 Å². The molecule has 0 spiro atoms. The summed E-state index contributed by atoms with van der Waals surface area (Å²) in [5.74, 6) is 1.41. The van der Waals surface area contributed by atoms with E-state index in [1.165, 1.54) is 12.4 Å². The van der Waals surface area contributed by atoms with Crippen LogP contribution in [0.1, 0.15) is 12.7 Å². The normalized spacial score (nSPS) is 10.8. The van der Waals surface area contributed by atoms with Crippen LogP contribution in [0.15, 0.2) is 35.6 Å². The average molecular weight is 474 g/mol. The van der Waals surface area contributed by atoms with Crippen molar-refractivity contribution < 1.29 is 4.92 Å². The Bertz CT molecular complexity index is 734. The van der Waals surface area contributed by atoms with E-state index >= 15 is 0 Å². The Balaban J connectivity index is 0.00000338. The minimum Gasteiger partial charge on any atom is -0.378 e. The van der Waals surface area contributed by atoms with Crippen LogP contribution in [0.2, 0.25) is 0 Å². The Kier molecular flexibility index (Phi) is 9.33. The summed E-state index contributed by atoms with van der Waals surface area (Å²) in [4.78, 5) is 19.1. The van der Waals surface area contributed by atoms with Gasteiger partial charge in [-0.15, -0.1) is 24.0 Å². The molecule has 1 heterocycles. The third kappa shape index (κ3) is 6.46. The van der Waals surface area contributed by atoms with Gasteiger partial charge in [0, 0.05) is 32.7 Å². The van der Waals surface area contributed by atoms with Gasteiger partial charge in [-0.2, -0.15) is 5.10 Å². The van der Waals surface area contributed by atoms with E-state index in [1.807, 2.05) is 14.0 Å². The molecule has 1 aromatic heterocycles. The number of nitrogens with one attached hydrogen (secondary N) is 3. The van der Waals surface area contributed by atoms with Gasteiger partial charge in [0.25, 0.3) is 5.69 Å². The van der Waals surface area contributed by atoms with Crippen molar-refractivity contribution in [3.63, 3.8) is 0 Å². The van der Waals surface area contributed by atoms with E-state index in [4.69, 9.17) is 0 Å². The number of rotatable bonds is 8. The van der Waals surface area contributed by atoms with Crippen LogP contribution in [0.3, 0.4) is 0 Å². The molecular weight excluding hydrogens is 451 g/mol. The van der Waals surface area contributed by atoms with E-state index in [9.17, 15) is 10.1 Å². The molecule has 142 valence electrons. The standard InChI is InChI=1S/C15H22N8O2.HI/c1-3-16-15(19-10-14-20-11-21-22(14)2)18-9-8-17-12-6-4-5-7-13(12)23(24)25;/h4-7,11,17H,3,8-10H2,1-2H3,(H2,16,18,19);1H. The second-order valence-electron chi connectivity index (χ2n) is 5.12. The monoisotopic (exact) mass is 474 g/mol. The van der Waals surface area contributed by atoms with Crippen molar-refractivity contribution >= 4 is 41.3 Å². The van der Waals surface area contributed by atoms with Gasteiger partial charge in [0.1, 0.15) is 24.4 Å². The number of aliphatic imine (C=N–C) groups is 1. The number of anilines is 1. The van der Waals surface area contributed by atoms with Gasteiger partial charge in [-0.3, -0.25) is 14.8 Å². The molecule has 0 saturated heterocycles. The summed E-state index contributed by atoms with van der Waals surface area (Å²) >= 11 is 0. The molecule has 10 nitrogen and oxygen atoms in total. The molecule has 11 heteroatoms. The Morgan fingerprint density at radius 3 is 2.73 bits per heavy atom. The number of nitro groups is 1. The first-order valence-corrected chi connectivity index (χ1v) is 7.94. The van der Waals surface area contributed by atoms with Crippen molar-refractivity contribution in [3.8, 4) is 0 Å². The van der Waals surface area contributed by atoms with E-state index in [-0.39, 0.29) is 29.7 Å². The van der Waals surface area contributed by atoms with E-state index in [1.54, 1.807) is 22.9 Å². The van der Waals surface area contributed by atoms with Crippen LogP contribution >= 0.6 is 24.0 Å². The molecule has 0 atom stereocenters. The summed E-state index contributed by atoms with van der Waals surface area (Å²) in [7, 11) is 1.81. The maximum absolute atomic E-state index is 11.0. The number of guanidine groups is 1. The van der Waals surface area contributed by atoms with Crippen LogP contribution in [0.25, 0.3) is 0 Å². The Morgan fingerprint density at radius 2 is 2.08 bits per heavy atom. The van der Waals surface area contributed by atoms with E-state index in [0.717, 1.165) is 12.4 Å². The molecule has 0 aliphatic carbocycles. The lowest BCUT2D eigenvalue weighted by Crippen LogP contribution is -2.39. The van der Waals surface area contributed by atoms with Crippen molar-refractivity contribution in [2.75, 3.05) is 25.0 Å². The molecular formula is C15H23IN8O2. The number of aryl methyl sites for hydroxylation is 1. The smallest absolute Gasteiger partial charge is 0.292 e. The number of benzene rings is 1. The third-order valence-corrected chi connectivity index (χ3v) is 3.36. The summed E-state index contributed by atoms with van der Waals surface area (Å²) in [6, 6.07) is 6.56. The molecule has 0 radical (unpaired) electrons. The van der Waals surface area contributed by atoms with Crippen molar-refractivity contribution in [1.82, 2.24) is 25.4 Å². The topological polar surface area (TPSA) is 122 Å². The summed E-state index contributed by atoms with van der Waals surface area (Å²) in [5, 5.41) is 24.3. The number of para-hydroxylation sites is 2. The number of halogens is 1. The van der Waals surface area contributed by atoms with Crippen LogP contribution in [0.4, 0.5) is 11.4 Å². The molecule has 26 heavy (non-hydrogen) atoms. The highest BCUT2D eigenvalue weighted by atomic mass is 127. The quantitative estimate of drug-likeness (QED) is 0.132. The first-order valence-electron chi connectivity index (χ1n) is 7.94. The van der Waals surface area contributed by atoms with E-state index < -0.39 is 4.92 Å². The first-order chi connectivity index (χ1) is 12.1. The maximum Gasteiger partial charge on any atom is 0.292 e. The Morgan fingerprint density at radius 1 is 1.31 bits per heavy atom. The average Bonchev–Trinajstić information content (AvgIpc) is 3.01. The lowest BCUT2D eigenvalue weighted by molar-refractivity contribution is -0.384. The summed E-state index contributed by atoms with van der Waals surface area (Å²) < 4.78 is 1.67. The van der Waals surface area contributed by atoms with E-state index in [2.05, 4.69) is 31.0 Å². The van der Waals surface area contributed by atoms with Gasteiger partial charge in [0.2, 0.25) is 0 Å². The zero-order valence-electron chi connectivity index (χ0n) is 14.7. The summed E-state index contributed by atoms with van der Waals surface area (Å²) in [6.07, 6.45) is 1.49. The molecule has 2 rings (SSSR count). The van der Waals surface area contributed by atoms with Gasteiger partial charge >= 0.3 is 0 Å². The van der Waals surface area contributed by atoms with Crippen molar-refractivity contribution in [3.05, 3.63) is 46.5 Å². The number of aromatic nitrogens is 3. The Labute approximate surface area is 168 Å². The van der Waals surface area contributed by atoms with Crippen LogP contribution in [0.5, 0.6) is 0 Å². The minimum atomic E-state index is -0.401. The predicted octanol–water partition coefficient (Wildman–Crippen LogP) is 1.51. The molecule has 0 unspecified atom stereocenters. The molecule has 0 bridgehead atoms.